The molecule has 0 aliphatic heterocycles. The van der Waals surface area contributed by atoms with Crippen molar-refractivity contribution in [3.8, 4) is 0 Å². The molecule has 1 aromatic heterocycles. The van der Waals surface area contributed by atoms with Crippen LogP contribution >= 0.6 is 11.3 Å². The predicted octanol–water partition coefficient (Wildman–Crippen LogP) is 1.73. The van der Waals surface area contributed by atoms with Crippen molar-refractivity contribution in [1.82, 2.24) is 15.5 Å². The van der Waals surface area contributed by atoms with E-state index in [1.165, 1.54) is 0 Å². The zero-order valence-corrected chi connectivity index (χ0v) is 12.0. The summed E-state index contributed by atoms with van der Waals surface area (Å²) in [5, 5.41) is 10.8. The van der Waals surface area contributed by atoms with Gasteiger partial charge in [0.15, 0.2) is 0 Å². The van der Waals surface area contributed by atoms with Gasteiger partial charge in [0.2, 0.25) is 5.01 Å². The molecule has 1 atom stereocenters. The second-order valence-corrected chi connectivity index (χ2v) is 7.10. The topological polar surface area (TPSA) is 77.9 Å². The van der Waals surface area contributed by atoms with E-state index in [0.29, 0.717) is 21.1 Å². The van der Waals surface area contributed by atoms with Gasteiger partial charge < -0.3 is 9.87 Å². The van der Waals surface area contributed by atoms with Crippen LogP contribution < -0.4 is 5.32 Å². The molecule has 0 saturated heterocycles. The number of aromatic nitrogens is 2. The lowest BCUT2D eigenvalue weighted by Crippen LogP contribution is -2.25. The van der Waals surface area contributed by atoms with Gasteiger partial charge in [-0.1, -0.05) is 18.4 Å². The third-order valence-electron chi connectivity index (χ3n) is 2.64. The maximum Gasteiger partial charge on any atom is 0.322 e. The van der Waals surface area contributed by atoms with Gasteiger partial charge in [-0.3, -0.25) is 4.79 Å². The molecule has 2 rings (SSSR count). The van der Waals surface area contributed by atoms with Gasteiger partial charge in [-0.05, 0) is 37.0 Å². The summed E-state index contributed by atoms with van der Waals surface area (Å²) in [6.07, 6.45) is 5.18. The molecule has 0 spiro atoms. The monoisotopic (exact) mass is 287 g/mol. The third kappa shape index (κ3) is 3.93. The molecule has 1 unspecified atom stereocenters. The van der Waals surface area contributed by atoms with E-state index in [4.69, 9.17) is 0 Å². The Bertz CT molecular complexity index is 407. The number of unbranched alkanes of at least 4 members (excludes halogenated alkanes) is 2. The molecule has 1 saturated carbocycles. The Balaban J connectivity index is 1.85. The fourth-order valence-corrected chi connectivity index (χ4v) is 3.55. The van der Waals surface area contributed by atoms with E-state index in [-0.39, 0.29) is 5.91 Å². The van der Waals surface area contributed by atoms with Crippen LogP contribution in [0.25, 0.3) is 0 Å². The van der Waals surface area contributed by atoms with Crippen LogP contribution in [0.1, 0.15) is 48.8 Å². The van der Waals surface area contributed by atoms with Crippen molar-refractivity contribution in [3.63, 3.8) is 0 Å². The highest BCUT2D eigenvalue weighted by Crippen LogP contribution is 2.22. The molecule has 0 radical (unpaired) electrons. The normalized spacial score (nSPS) is 16.6. The minimum atomic E-state index is -1.11. The summed E-state index contributed by atoms with van der Waals surface area (Å²) >= 11 is 0.0297. The molecule has 18 heavy (non-hydrogen) atoms. The van der Waals surface area contributed by atoms with Crippen molar-refractivity contribution in [2.75, 3.05) is 5.75 Å². The summed E-state index contributed by atoms with van der Waals surface area (Å²) in [6, 6.07) is 0.305. The van der Waals surface area contributed by atoms with Gasteiger partial charge in [-0.25, -0.2) is 0 Å². The highest BCUT2D eigenvalue weighted by atomic mass is 32.2. The number of nitrogens with one attached hydrogen (secondary N) is 1. The summed E-state index contributed by atoms with van der Waals surface area (Å²) in [5.41, 5.74) is 0. The average Bonchev–Trinajstić information content (AvgIpc) is 3.02. The molecule has 0 aromatic carbocycles. The molecule has 1 aliphatic rings. The fourth-order valence-electron chi connectivity index (χ4n) is 1.44. The average molecular weight is 287 g/mol. The first-order valence-corrected chi connectivity index (χ1v) is 8.37. The second-order valence-electron chi connectivity index (χ2n) is 4.38. The molecule has 1 aromatic rings. The van der Waals surface area contributed by atoms with Crippen LogP contribution in [0.4, 0.5) is 0 Å². The van der Waals surface area contributed by atoms with Crippen molar-refractivity contribution in [2.45, 2.75) is 49.4 Å². The Kier molecular flexibility index (Phi) is 4.96. The lowest BCUT2D eigenvalue weighted by molar-refractivity contribution is 0.0950. The molecule has 7 heteroatoms. The van der Waals surface area contributed by atoms with Gasteiger partial charge in [-0.2, -0.15) is 0 Å². The zero-order valence-electron chi connectivity index (χ0n) is 10.3. The maximum atomic E-state index is 11.9. The molecular formula is C11H17N3O2S2. The fraction of sp³-hybridized carbons (Fsp3) is 0.727. The highest BCUT2D eigenvalue weighted by Gasteiger charge is 2.27. The second kappa shape index (κ2) is 6.49. The van der Waals surface area contributed by atoms with Gasteiger partial charge in [-0.15, -0.1) is 5.10 Å². The van der Waals surface area contributed by atoms with Gasteiger partial charge in [0, 0.05) is 17.2 Å². The largest absolute Gasteiger partial charge is 0.610 e. The summed E-state index contributed by atoms with van der Waals surface area (Å²) < 4.78 is 12.3. The van der Waals surface area contributed by atoms with Crippen molar-refractivity contribution in [3.05, 3.63) is 5.01 Å². The quantitative estimate of drug-likeness (QED) is 0.612. The number of nitrogens with zero attached hydrogens (tertiary/aromatic N) is 2. The lowest BCUT2D eigenvalue weighted by Gasteiger charge is -2.04. The molecule has 0 bridgehead atoms. The van der Waals surface area contributed by atoms with Gasteiger partial charge in [0.1, 0.15) is 5.75 Å². The van der Waals surface area contributed by atoms with Crippen LogP contribution in [-0.4, -0.2) is 32.5 Å². The predicted molar refractivity (Wildman–Crippen MR) is 71.2 cm³/mol. The third-order valence-corrected chi connectivity index (χ3v) is 5.30. The molecule has 1 amide bonds. The number of rotatable bonds is 7. The van der Waals surface area contributed by atoms with E-state index in [0.717, 1.165) is 43.4 Å². The smallest absolute Gasteiger partial charge is 0.322 e. The Labute approximate surface area is 114 Å². The number of hydrogen-bond donors (Lipinski definition) is 1. The Morgan fingerprint density at radius 1 is 1.50 bits per heavy atom. The molecule has 1 N–H and O–H groups in total. The zero-order chi connectivity index (χ0) is 13.0. The lowest BCUT2D eigenvalue weighted by atomic mass is 10.3. The molecule has 100 valence electrons. The van der Waals surface area contributed by atoms with Crippen molar-refractivity contribution in [2.24, 2.45) is 0 Å². The minimum absolute atomic E-state index is 0.188. The number of amides is 1. The van der Waals surface area contributed by atoms with Crippen LogP contribution in [0.2, 0.25) is 0 Å². The van der Waals surface area contributed by atoms with E-state index >= 15 is 0 Å². The first-order valence-electron chi connectivity index (χ1n) is 6.23. The van der Waals surface area contributed by atoms with E-state index in [9.17, 15) is 9.35 Å². The first kappa shape index (κ1) is 13.8. The Morgan fingerprint density at radius 2 is 2.28 bits per heavy atom. The van der Waals surface area contributed by atoms with Crippen molar-refractivity contribution < 1.29 is 9.35 Å². The van der Waals surface area contributed by atoms with Gasteiger partial charge >= 0.3 is 4.34 Å². The number of carbonyl (C=O) groups excluding carboxylic acids is 1. The summed E-state index contributed by atoms with van der Waals surface area (Å²) in [7, 11) is 0. The standard InChI is InChI=1S/C11H17N3O2S2/c1-2-3-4-7-18(16)11-14-13-10(17-11)9(15)12-8-5-6-8/h8H,2-7H2,1H3,(H,12,15). The van der Waals surface area contributed by atoms with E-state index in [1.54, 1.807) is 0 Å². The minimum Gasteiger partial charge on any atom is -0.610 e. The van der Waals surface area contributed by atoms with Crippen LogP contribution in [0.3, 0.4) is 0 Å². The van der Waals surface area contributed by atoms with Crippen molar-refractivity contribution in [1.29, 1.82) is 0 Å². The highest BCUT2D eigenvalue weighted by molar-refractivity contribution is 7.93. The Hall–Kier alpha value is -0.660. The molecule has 1 fully saturated rings. The van der Waals surface area contributed by atoms with Crippen LogP contribution in [0, 0.1) is 0 Å². The molecular weight excluding hydrogens is 270 g/mol. The molecule has 1 aliphatic carbocycles. The van der Waals surface area contributed by atoms with Crippen LogP contribution in [0.15, 0.2) is 4.34 Å². The number of carbonyl (C=O) groups is 1. The van der Waals surface area contributed by atoms with Crippen molar-refractivity contribution >= 4 is 28.4 Å². The summed E-state index contributed by atoms with van der Waals surface area (Å²) in [4.78, 5) is 11.7. The van der Waals surface area contributed by atoms with Gasteiger partial charge in [0.05, 0.1) is 0 Å². The van der Waals surface area contributed by atoms with Gasteiger partial charge in [0.25, 0.3) is 5.91 Å². The van der Waals surface area contributed by atoms with E-state index in [2.05, 4.69) is 22.4 Å². The summed E-state index contributed by atoms with van der Waals surface area (Å²) in [6.45, 7) is 2.11. The maximum absolute atomic E-state index is 11.9. The first-order chi connectivity index (χ1) is 8.70. The number of hydrogen-bond acceptors (Lipinski definition) is 5. The Morgan fingerprint density at radius 3 is 2.94 bits per heavy atom. The SMILES string of the molecule is CCCCC[S+]([O-])c1nnc(C(=O)NC2CC2)s1. The van der Waals surface area contributed by atoms with Crippen LogP contribution in [0.5, 0.6) is 0 Å². The van der Waals surface area contributed by atoms with E-state index in [1.807, 2.05) is 0 Å². The summed E-state index contributed by atoms with van der Waals surface area (Å²) in [5.74, 6) is 0.416. The molecule has 5 nitrogen and oxygen atoms in total. The molecule has 1 heterocycles. The van der Waals surface area contributed by atoms with E-state index < -0.39 is 11.2 Å². The van der Waals surface area contributed by atoms with Crippen LogP contribution in [-0.2, 0) is 11.2 Å².